The summed E-state index contributed by atoms with van der Waals surface area (Å²) < 4.78 is 1.04. The molecule has 0 aromatic heterocycles. The molecule has 1 amide bonds. The van der Waals surface area contributed by atoms with E-state index in [1.165, 1.54) is 18.4 Å². The molecule has 18 heavy (non-hydrogen) atoms. The van der Waals surface area contributed by atoms with E-state index >= 15 is 0 Å². The van der Waals surface area contributed by atoms with Crippen LogP contribution in [-0.4, -0.2) is 5.91 Å². The van der Waals surface area contributed by atoms with E-state index in [9.17, 15) is 4.79 Å². The van der Waals surface area contributed by atoms with E-state index in [4.69, 9.17) is 0 Å². The fourth-order valence-corrected chi connectivity index (χ4v) is 2.59. The zero-order valence-corrected chi connectivity index (χ0v) is 12.0. The SMILES string of the molecule is O=C(CC1=CCCCC1)NCc1ccccc1Br. The molecule has 0 spiro atoms. The molecule has 2 nitrogen and oxygen atoms in total. The van der Waals surface area contributed by atoms with Crippen molar-refractivity contribution in [2.75, 3.05) is 0 Å². The number of carbonyl (C=O) groups excluding carboxylic acids is 1. The zero-order chi connectivity index (χ0) is 12.8. The van der Waals surface area contributed by atoms with Crippen molar-refractivity contribution >= 4 is 21.8 Å². The van der Waals surface area contributed by atoms with Crippen LogP contribution in [0.25, 0.3) is 0 Å². The Morgan fingerprint density at radius 1 is 1.28 bits per heavy atom. The van der Waals surface area contributed by atoms with Crippen molar-refractivity contribution in [2.45, 2.75) is 38.6 Å². The maximum atomic E-state index is 11.8. The van der Waals surface area contributed by atoms with Gasteiger partial charge in [0.2, 0.25) is 5.91 Å². The fourth-order valence-electron chi connectivity index (χ4n) is 2.17. The van der Waals surface area contributed by atoms with E-state index in [1.54, 1.807) is 0 Å². The lowest BCUT2D eigenvalue weighted by Crippen LogP contribution is -2.23. The first-order chi connectivity index (χ1) is 8.75. The van der Waals surface area contributed by atoms with Gasteiger partial charge in [-0.1, -0.05) is 45.8 Å². The Bertz CT molecular complexity index is 454. The number of benzene rings is 1. The third-order valence-corrected chi connectivity index (χ3v) is 3.98. The molecule has 0 unspecified atom stereocenters. The standard InChI is InChI=1S/C15H18BrNO/c16-14-9-5-4-8-13(14)11-17-15(18)10-12-6-2-1-3-7-12/h4-6,8-9H,1-3,7,10-11H2,(H,17,18). The van der Waals surface area contributed by atoms with E-state index in [0.29, 0.717) is 13.0 Å². The third-order valence-electron chi connectivity index (χ3n) is 3.21. The molecule has 0 saturated heterocycles. The quantitative estimate of drug-likeness (QED) is 0.838. The Labute approximate surface area is 117 Å². The average molecular weight is 308 g/mol. The predicted octanol–water partition coefficient (Wildman–Crippen LogP) is 3.96. The predicted molar refractivity (Wildman–Crippen MR) is 77.2 cm³/mol. The number of amides is 1. The van der Waals surface area contributed by atoms with Gasteiger partial charge in [0.05, 0.1) is 0 Å². The molecule has 1 N–H and O–H groups in total. The number of rotatable bonds is 4. The van der Waals surface area contributed by atoms with Crippen LogP contribution in [0.15, 0.2) is 40.4 Å². The van der Waals surface area contributed by atoms with Gasteiger partial charge in [0.15, 0.2) is 0 Å². The van der Waals surface area contributed by atoms with Crippen LogP contribution in [0.4, 0.5) is 0 Å². The van der Waals surface area contributed by atoms with Gasteiger partial charge >= 0.3 is 0 Å². The molecule has 1 aromatic carbocycles. The number of hydrogen-bond acceptors (Lipinski definition) is 1. The zero-order valence-electron chi connectivity index (χ0n) is 10.4. The molecular weight excluding hydrogens is 290 g/mol. The second kappa shape index (κ2) is 6.74. The van der Waals surface area contributed by atoms with Gasteiger partial charge in [-0.15, -0.1) is 0 Å². The summed E-state index contributed by atoms with van der Waals surface area (Å²) in [6.07, 6.45) is 7.49. The molecule has 0 aliphatic heterocycles. The molecule has 1 aromatic rings. The number of carbonyl (C=O) groups is 1. The summed E-state index contributed by atoms with van der Waals surface area (Å²) >= 11 is 3.48. The average Bonchev–Trinajstić information content (AvgIpc) is 2.39. The minimum atomic E-state index is 0.124. The van der Waals surface area contributed by atoms with E-state index in [0.717, 1.165) is 22.9 Å². The minimum Gasteiger partial charge on any atom is -0.352 e. The number of halogens is 1. The van der Waals surface area contributed by atoms with Crippen molar-refractivity contribution in [3.63, 3.8) is 0 Å². The van der Waals surface area contributed by atoms with Gasteiger partial charge in [0.1, 0.15) is 0 Å². The summed E-state index contributed by atoms with van der Waals surface area (Å²) in [7, 11) is 0. The highest BCUT2D eigenvalue weighted by Crippen LogP contribution is 2.20. The van der Waals surface area contributed by atoms with Crippen molar-refractivity contribution in [1.29, 1.82) is 0 Å². The molecule has 0 heterocycles. The van der Waals surface area contributed by atoms with Crippen molar-refractivity contribution in [1.82, 2.24) is 5.32 Å². The van der Waals surface area contributed by atoms with Crippen molar-refractivity contribution in [3.8, 4) is 0 Å². The van der Waals surface area contributed by atoms with Gasteiger partial charge in [0, 0.05) is 17.4 Å². The van der Waals surface area contributed by atoms with Crippen molar-refractivity contribution in [2.24, 2.45) is 0 Å². The second-order valence-electron chi connectivity index (χ2n) is 4.65. The first-order valence-electron chi connectivity index (χ1n) is 6.44. The summed E-state index contributed by atoms with van der Waals surface area (Å²) in [6, 6.07) is 7.97. The first kappa shape index (κ1) is 13.3. The van der Waals surface area contributed by atoms with E-state index in [1.807, 2.05) is 24.3 Å². The summed E-state index contributed by atoms with van der Waals surface area (Å²) in [6.45, 7) is 0.591. The summed E-state index contributed by atoms with van der Waals surface area (Å²) in [4.78, 5) is 11.8. The topological polar surface area (TPSA) is 29.1 Å². The second-order valence-corrected chi connectivity index (χ2v) is 5.51. The van der Waals surface area contributed by atoms with Crippen molar-refractivity contribution in [3.05, 3.63) is 46.0 Å². The lowest BCUT2D eigenvalue weighted by atomic mass is 9.97. The molecule has 0 atom stereocenters. The van der Waals surface area contributed by atoms with Gasteiger partial charge < -0.3 is 5.32 Å². The maximum Gasteiger partial charge on any atom is 0.224 e. The molecule has 2 rings (SSSR count). The summed E-state index contributed by atoms with van der Waals surface area (Å²) in [5, 5.41) is 2.98. The van der Waals surface area contributed by atoms with Crippen LogP contribution in [0, 0.1) is 0 Å². The molecule has 0 radical (unpaired) electrons. The molecule has 1 aliphatic rings. The lowest BCUT2D eigenvalue weighted by molar-refractivity contribution is -0.120. The Kier molecular flexibility index (Phi) is 5.00. The van der Waals surface area contributed by atoms with Crippen LogP contribution < -0.4 is 5.32 Å². The van der Waals surface area contributed by atoms with Crippen molar-refractivity contribution < 1.29 is 4.79 Å². The number of nitrogens with one attached hydrogen (secondary N) is 1. The lowest BCUT2D eigenvalue weighted by Gasteiger charge is -2.12. The van der Waals surface area contributed by atoms with E-state index in [-0.39, 0.29) is 5.91 Å². The molecule has 0 bridgehead atoms. The molecule has 1 aliphatic carbocycles. The molecule has 96 valence electrons. The van der Waals surface area contributed by atoms with E-state index in [2.05, 4.69) is 27.3 Å². The van der Waals surface area contributed by atoms with Gasteiger partial charge in [-0.25, -0.2) is 0 Å². The summed E-state index contributed by atoms with van der Waals surface area (Å²) in [5.74, 6) is 0.124. The highest BCUT2D eigenvalue weighted by molar-refractivity contribution is 9.10. The Balaban J connectivity index is 1.81. The van der Waals surface area contributed by atoms with Gasteiger partial charge in [-0.2, -0.15) is 0 Å². The van der Waals surface area contributed by atoms with Crippen LogP contribution >= 0.6 is 15.9 Å². The highest BCUT2D eigenvalue weighted by atomic mass is 79.9. The Morgan fingerprint density at radius 2 is 2.11 bits per heavy atom. The normalized spacial score (nSPS) is 15.1. The largest absolute Gasteiger partial charge is 0.352 e. The third kappa shape index (κ3) is 3.98. The smallest absolute Gasteiger partial charge is 0.224 e. The number of hydrogen-bond donors (Lipinski definition) is 1. The van der Waals surface area contributed by atoms with Gasteiger partial charge in [-0.05, 0) is 37.3 Å². The number of allylic oxidation sites excluding steroid dienone is 1. The van der Waals surface area contributed by atoms with Crippen LogP contribution in [0.2, 0.25) is 0 Å². The van der Waals surface area contributed by atoms with E-state index < -0.39 is 0 Å². The van der Waals surface area contributed by atoms with Crippen LogP contribution in [0.1, 0.15) is 37.7 Å². The Morgan fingerprint density at radius 3 is 2.83 bits per heavy atom. The van der Waals surface area contributed by atoms with Gasteiger partial charge in [0.25, 0.3) is 0 Å². The molecule has 0 saturated carbocycles. The maximum absolute atomic E-state index is 11.8. The Hall–Kier alpha value is -1.09. The minimum absolute atomic E-state index is 0.124. The highest BCUT2D eigenvalue weighted by Gasteiger charge is 2.09. The molecule has 3 heteroatoms. The van der Waals surface area contributed by atoms with Crippen LogP contribution in [0.5, 0.6) is 0 Å². The van der Waals surface area contributed by atoms with Crippen LogP contribution in [-0.2, 0) is 11.3 Å². The molecule has 0 fully saturated rings. The van der Waals surface area contributed by atoms with Gasteiger partial charge in [-0.3, -0.25) is 4.79 Å². The van der Waals surface area contributed by atoms with Crippen LogP contribution in [0.3, 0.4) is 0 Å². The summed E-state index contributed by atoms with van der Waals surface area (Å²) in [5.41, 5.74) is 2.41. The monoisotopic (exact) mass is 307 g/mol. The first-order valence-corrected chi connectivity index (χ1v) is 7.23. The molecular formula is C15H18BrNO. The fraction of sp³-hybridized carbons (Fsp3) is 0.400.